The van der Waals surface area contributed by atoms with E-state index < -0.39 is 10.0 Å². The number of amides is 1. The molecule has 2 aliphatic rings. The van der Waals surface area contributed by atoms with Crippen molar-refractivity contribution in [1.82, 2.24) is 14.5 Å². The van der Waals surface area contributed by atoms with Gasteiger partial charge < -0.3 is 5.32 Å². The zero-order valence-electron chi connectivity index (χ0n) is 13.0. The summed E-state index contributed by atoms with van der Waals surface area (Å²) in [4.78, 5) is 14.3. The molecular formula is C14H27N3O3S. The average molecular weight is 317 g/mol. The third kappa shape index (κ3) is 4.17. The predicted molar refractivity (Wildman–Crippen MR) is 82.5 cm³/mol. The van der Waals surface area contributed by atoms with Crippen LogP contribution >= 0.6 is 0 Å². The second-order valence-corrected chi connectivity index (χ2v) is 8.26. The lowest BCUT2D eigenvalue weighted by Gasteiger charge is -2.36. The number of carbonyl (C=O) groups is 1. The number of piperazine rings is 1. The zero-order valence-corrected chi connectivity index (χ0v) is 13.9. The lowest BCUT2D eigenvalue weighted by molar-refractivity contribution is -0.127. The Bertz CT molecular complexity index is 452. The molecule has 0 spiro atoms. The monoisotopic (exact) mass is 317 g/mol. The van der Waals surface area contributed by atoms with Gasteiger partial charge >= 0.3 is 0 Å². The molecule has 6 nitrogen and oxygen atoms in total. The Balaban J connectivity index is 1.82. The number of sulfonamides is 1. The summed E-state index contributed by atoms with van der Waals surface area (Å²) < 4.78 is 25.2. The first kappa shape index (κ1) is 16.7. The smallest absolute Gasteiger partial charge is 0.237 e. The van der Waals surface area contributed by atoms with Crippen LogP contribution in [0.2, 0.25) is 0 Å². The molecule has 1 saturated carbocycles. The van der Waals surface area contributed by atoms with E-state index in [0.717, 1.165) is 12.8 Å². The lowest BCUT2D eigenvalue weighted by Crippen LogP contribution is -2.55. The predicted octanol–water partition coefficient (Wildman–Crippen LogP) is 0.401. The van der Waals surface area contributed by atoms with Crippen LogP contribution in [0.25, 0.3) is 0 Å². The maximum atomic E-state index is 12.2. The number of hydrogen-bond donors (Lipinski definition) is 1. The topological polar surface area (TPSA) is 69.7 Å². The van der Waals surface area contributed by atoms with Gasteiger partial charge in [0.25, 0.3) is 0 Å². The molecule has 122 valence electrons. The molecular weight excluding hydrogens is 290 g/mol. The van der Waals surface area contributed by atoms with E-state index in [4.69, 9.17) is 0 Å². The summed E-state index contributed by atoms with van der Waals surface area (Å²) >= 11 is 0. The molecule has 0 aromatic heterocycles. The minimum Gasteiger partial charge on any atom is -0.352 e. The van der Waals surface area contributed by atoms with Crippen molar-refractivity contribution in [3.8, 4) is 0 Å². The Morgan fingerprint density at radius 3 is 2.29 bits per heavy atom. The molecule has 1 aliphatic heterocycles. The summed E-state index contributed by atoms with van der Waals surface area (Å²) in [5.74, 6) is 0.221. The van der Waals surface area contributed by atoms with Crippen LogP contribution in [0.3, 0.4) is 0 Å². The SMILES string of the molecule is CCS(=O)(=O)N1CCN(C(C)C(=O)NC2CCCC2)CC1. The van der Waals surface area contributed by atoms with Crippen LogP contribution in [0.15, 0.2) is 0 Å². The number of carbonyl (C=O) groups excluding carboxylic acids is 1. The van der Waals surface area contributed by atoms with E-state index in [9.17, 15) is 13.2 Å². The molecule has 1 saturated heterocycles. The van der Waals surface area contributed by atoms with Crippen molar-refractivity contribution in [2.24, 2.45) is 0 Å². The number of nitrogens with zero attached hydrogens (tertiary/aromatic N) is 2. The molecule has 1 aliphatic carbocycles. The van der Waals surface area contributed by atoms with E-state index in [-0.39, 0.29) is 17.7 Å². The van der Waals surface area contributed by atoms with Crippen LogP contribution in [-0.4, -0.2) is 67.5 Å². The summed E-state index contributed by atoms with van der Waals surface area (Å²) in [5.41, 5.74) is 0. The van der Waals surface area contributed by atoms with Crippen molar-refractivity contribution in [3.05, 3.63) is 0 Å². The largest absolute Gasteiger partial charge is 0.352 e. The van der Waals surface area contributed by atoms with E-state index in [0.29, 0.717) is 32.2 Å². The second-order valence-electron chi connectivity index (χ2n) is 6.00. The van der Waals surface area contributed by atoms with Crippen molar-refractivity contribution < 1.29 is 13.2 Å². The Morgan fingerprint density at radius 2 is 1.76 bits per heavy atom. The normalized spacial score (nSPS) is 24.1. The Labute approximate surface area is 127 Å². The number of rotatable bonds is 5. The number of hydrogen-bond acceptors (Lipinski definition) is 4. The molecule has 0 radical (unpaired) electrons. The van der Waals surface area contributed by atoms with E-state index in [1.165, 1.54) is 17.1 Å². The second kappa shape index (κ2) is 7.07. The van der Waals surface area contributed by atoms with Gasteiger partial charge in [0.2, 0.25) is 15.9 Å². The van der Waals surface area contributed by atoms with Gasteiger partial charge in [-0.25, -0.2) is 8.42 Å². The standard InChI is InChI=1S/C14H27N3O3S/c1-3-21(19,20)17-10-8-16(9-11-17)12(2)14(18)15-13-6-4-5-7-13/h12-13H,3-11H2,1-2H3,(H,15,18). The van der Waals surface area contributed by atoms with E-state index in [1.807, 2.05) is 6.92 Å². The minimum absolute atomic E-state index is 0.0775. The van der Waals surface area contributed by atoms with Crippen LogP contribution in [0.4, 0.5) is 0 Å². The molecule has 1 unspecified atom stereocenters. The first-order valence-corrected chi connectivity index (χ1v) is 9.57. The summed E-state index contributed by atoms with van der Waals surface area (Å²) in [5, 5.41) is 3.12. The first-order valence-electron chi connectivity index (χ1n) is 7.96. The van der Waals surface area contributed by atoms with Gasteiger partial charge in [-0.2, -0.15) is 4.31 Å². The van der Waals surface area contributed by atoms with Crippen LogP contribution in [0.1, 0.15) is 39.5 Å². The fourth-order valence-corrected chi connectivity index (χ4v) is 4.19. The molecule has 1 atom stereocenters. The molecule has 7 heteroatoms. The van der Waals surface area contributed by atoms with Crippen LogP contribution < -0.4 is 5.32 Å². The van der Waals surface area contributed by atoms with Crippen LogP contribution in [-0.2, 0) is 14.8 Å². The van der Waals surface area contributed by atoms with Gasteiger partial charge in [-0.05, 0) is 26.7 Å². The van der Waals surface area contributed by atoms with Gasteiger partial charge in [-0.1, -0.05) is 12.8 Å². The first-order chi connectivity index (χ1) is 9.94. The summed E-state index contributed by atoms with van der Waals surface area (Å²) in [6.45, 7) is 5.79. The van der Waals surface area contributed by atoms with Crippen LogP contribution in [0.5, 0.6) is 0 Å². The Kier molecular flexibility index (Phi) is 5.62. The summed E-state index contributed by atoms with van der Waals surface area (Å²) in [7, 11) is -3.10. The highest BCUT2D eigenvalue weighted by Crippen LogP contribution is 2.18. The van der Waals surface area contributed by atoms with Crippen molar-refractivity contribution in [2.75, 3.05) is 31.9 Å². The van der Waals surface area contributed by atoms with Gasteiger partial charge in [0.05, 0.1) is 11.8 Å². The fourth-order valence-electron chi connectivity index (χ4n) is 3.11. The minimum atomic E-state index is -3.10. The van der Waals surface area contributed by atoms with Gasteiger partial charge in [0.15, 0.2) is 0 Å². The average Bonchev–Trinajstić information content (AvgIpc) is 2.99. The van der Waals surface area contributed by atoms with Crippen LogP contribution in [0, 0.1) is 0 Å². The van der Waals surface area contributed by atoms with Crippen molar-refractivity contribution in [1.29, 1.82) is 0 Å². The molecule has 1 heterocycles. The summed E-state index contributed by atoms with van der Waals surface area (Å²) in [6, 6.07) is 0.152. The van der Waals surface area contributed by atoms with Crippen molar-refractivity contribution in [3.63, 3.8) is 0 Å². The maximum absolute atomic E-state index is 12.2. The molecule has 1 amide bonds. The molecule has 1 N–H and O–H groups in total. The van der Waals surface area contributed by atoms with Gasteiger partial charge in [-0.3, -0.25) is 9.69 Å². The highest BCUT2D eigenvalue weighted by Gasteiger charge is 2.30. The Morgan fingerprint density at radius 1 is 1.19 bits per heavy atom. The zero-order chi connectivity index (χ0) is 15.5. The molecule has 21 heavy (non-hydrogen) atoms. The molecule has 2 rings (SSSR count). The van der Waals surface area contributed by atoms with Gasteiger partial charge in [-0.15, -0.1) is 0 Å². The van der Waals surface area contributed by atoms with E-state index in [2.05, 4.69) is 10.2 Å². The molecule has 0 bridgehead atoms. The Hall–Kier alpha value is -0.660. The third-order valence-corrected chi connectivity index (χ3v) is 6.54. The van der Waals surface area contributed by atoms with Gasteiger partial charge in [0, 0.05) is 32.2 Å². The quantitative estimate of drug-likeness (QED) is 0.797. The van der Waals surface area contributed by atoms with E-state index in [1.54, 1.807) is 6.92 Å². The van der Waals surface area contributed by atoms with Crippen molar-refractivity contribution >= 4 is 15.9 Å². The highest BCUT2D eigenvalue weighted by molar-refractivity contribution is 7.89. The van der Waals surface area contributed by atoms with Crippen molar-refractivity contribution in [2.45, 2.75) is 51.6 Å². The third-order valence-electron chi connectivity index (χ3n) is 4.66. The number of nitrogens with one attached hydrogen (secondary N) is 1. The fraction of sp³-hybridized carbons (Fsp3) is 0.929. The highest BCUT2D eigenvalue weighted by atomic mass is 32.2. The molecule has 2 fully saturated rings. The van der Waals surface area contributed by atoms with E-state index >= 15 is 0 Å². The lowest BCUT2D eigenvalue weighted by atomic mass is 10.2. The molecule has 0 aromatic rings. The maximum Gasteiger partial charge on any atom is 0.237 e. The molecule has 0 aromatic carbocycles. The summed E-state index contributed by atoms with van der Waals surface area (Å²) in [6.07, 6.45) is 4.57. The van der Waals surface area contributed by atoms with Gasteiger partial charge in [0.1, 0.15) is 0 Å².